The molecule has 0 fully saturated rings. The molecule has 190 valence electrons. The highest BCUT2D eigenvalue weighted by molar-refractivity contribution is 7.98. The Hall–Kier alpha value is -3.55. The molecule has 5 nitrogen and oxygen atoms in total. The number of thioether (sulfide) groups is 1. The number of carbonyl (C=O) groups excluding carboxylic acids is 1. The van der Waals surface area contributed by atoms with Crippen LogP contribution in [0.2, 0.25) is 0 Å². The number of anilines is 2. The van der Waals surface area contributed by atoms with E-state index in [1.165, 1.54) is 21.0 Å². The fourth-order valence-electron chi connectivity index (χ4n) is 4.06. The summed E-state index contributed by atoms with van der Waals surface area (Å²) in [4.78, 5) is 14.0. The summed E-state index contributed by atoms with van der Waals surface area (Å²) in [5.41, 5.74) is 5.68. The molecule has 0 unspecified atom stereocenters. The van der Waals surface area contributed by atoms with E-state index < -0.39 is 10.0 Å². The average molecular weight is 531 g/mol. The maximum absolute atomic E-state index is 12.8. The highest BCUT2D eigenvalue weighted by atomic mass is 32.2. The molecule has 0 saturated carbocycles. The van der Waals surface area contributed by atoms with E-state index in [1.54, 1.807) is 36.0 Å². The van der Waals surface area contributed by atoms with E-state index in [9.17, 15) is 13.2 Å². The third kappa shape index (κ3) is 7.02. The van der Waals surface area contributed by atoms with Crippen molar-refractivity contribution in [2.75, 3.05) is 15.9 Å². The number of carbonyl (C=O) groups is 1. The van der Waals surface area contributed by atoms with Crippen molar-refractivity contribution in [3.63, 3.8) is 0 Å². The molecule has 1 N–H and O–H groups in total. The van der Waals surface area contributed by atoms with Crippen LogP contribution in [0.5, 0.6) is 0 Å². The number of amides is 1. The zero-order chi connectivity index (χ0) is 26.4. The highest BCUT2D eigenvalue weighted by Gasteiger charge is 2.21. The number of rotatable bonds is 9. The fraction of sp³-hybridized carbons (Fsp3) is 0.167. The van der Waals surface area contributed by atoms with Gasteiger partial charge >= 0.3 is 0 Å². The summed E-state index contributed by atoms with van der Waals surface area (Å²) in [5.74, 6) is 0.638. The maximum atomic E-state index is 12.8. The molecule has 0 spiro atoms. The second-order valence-corrected chi connectivity index (χ2v) is 11.9. The lowest BCUT2D eigenvalue weighted by molar-refractivity contribution is 0.102. The van der Waals surface area contributed by atoms with Crippen LogP contribution in [0.1, 0.15) is 32.6 Å². The summed E-state index contributed by atoms with van der Waals surface area (Å²) in [5, 5.41) is 2.93. The zero-order valence-corrected chi connectivity index (χ0v) is 22.8. The summed E-state index contributed by atoms with van der Waals surface area (Å²) < 4.78 is 26.7. The molecule has 0 aromatic heterocycles. The van der Waals surface area contributed by atoms with Crippen molar-refractivity contribution in [2.24, 2.45) is 0 Å². The van der Waals surface area contributed by atoms with Crippen molar-refractivity contribution >= 4 is 39.1 Å². The average Bonchev–Trinajstić information content (AvgIpc) is 2.88. The Kier molecular flexibility index (Phi) is 8.36. The third-order valence-corrected chi connectivity index (χ3v) is 8.19. The smallest absolute Gasteiger partial charge is 0.255 e. The molecule has 0 aliphatic rings. The Morgan fingerprint density at radius 2 is 1.38 bits per heavy atom. The molecule has 0 aliphatic carbocycles. The number of hydrogen-bond acceptors (Lipinski definition) is 4. The molecule has 0 atom stereocenters. The minimum atomic E-state index is -3.50. The first-order valence-electron chi connectivity index (χ1n) is 11.9. The van der Waals surface area contributed by atoms with E-state index >= 15 is 0 Å². The second kappa shape index (κ2) is 11.7. The van der Waals surface area contributed by atoms with Gasteiger partial charge in [0.25, 0.3) is 5.91 Å². The van der Waals surface area contributed by atoms with Gasteiger partial charge in [-0.05, 0) is 72.5 Å². The van der Waals surface area contributed by atoms with Crippen LogP contribution in [0.3, 0.4) is 0 Å². The summed E-state index contributed by atoms with van der Waals surface area (Å²) in [6.45, 7) is 4.00. The lowest BCUT2D eigenvalue weighted by Crippen LogP contribution is -2.30. The molecule has 0 aliphatic heterocycles. The zero-order valence-electron chi connectivity index (χ0n) is 21.1. The maximum Gasteiger partial charge on any atom is 0.255 e. The highest BCUT2D eigenvalue weighted by Crippen LogP contribution is 2.28. The first-order chi connectivity index (χ1) is 17.7. The first kappa shape index (κ1) is 26.5. The van der Waals surface area contributed by atoms with Gasteiger partial charge in [-0.3, -0.25) is 9.10 Å². The predicted molar refractivity (Wildman–Crippen MR) is 154 cm³/mol. The van der Waals surface area contributed by atoms with E-state index in [1.807, 2.05) is 74.5 Å². The molecule has 4 aromatic rings. The molecule has 0 saturated heterocycles. The Morgan fingerprint density at radius 3 is 1.97 bits per heavy atom. The van der Waals surface area contributed by atoms with Crippen molar-refractivity contribution in [3.8, 4) is 0 Å². The quantitative estimate of drug-likeness (QED) is 0.241. The van der Waals surface area contributed by atoms with Gasteiger partial charge in [0.1, 0.15) is 0 Å². The SMILES string of the molecule is Cc1cccc(C)c1N(Cc1ccc(C(=O)Nc2ccc(CSc3ccccc3)cc2)cc1)S(C)(=O)=O. The van der Waals surface area contributed by atoms with Crippen LogP contribution in [-0.2, 0) is 22.3 Å². The van der Waals surface area contributed by atoms with Crippen LogP contribution in [0, 0.1) is 13.8 Å². The summed E-state index contributed by atoms with van der Waals surface area (Å²) in [6, 6.07) is 30.8. The van der Waals surface area contributed by atoms with Crippen LogP contribution in [-0.4, -0.2) is 20.6 Å². The Bertz CT molecular complexity index is 1450. The topological polar surface area (TPSA) is 66.5 Å². The van der Waals surface area contributed by atoms with Crippen molar-refractivity contribution in [3.05, 3.63) is 125 Å². The Morgan fingerprint density at radius 1 is 0.784 bits per heavy atom. The third-order valence-electron chi connectivity index (χ3n) is 5.99. The molecule has 37 heavy (non-hydrogen) atoms. The van der Waals surface area contributed by atoms with Gasteiger partial charge in [0.05, 0.1) is 18.5 Å². The van der Waals surface area contributed by atoms with Gasteiger partial charge in [0.2, 0.25) is 10.0 Å². The first-order valence-corrected chi connectivity index (χ1v) is 14.7. The van der Waals surface area contributed by atoms with Crippen molar-refractivity contribution in [1.29, 1.82) is 0 Å². The fourth-order valence-corrected chi connectivity index (χ4v) is 5.94. The standard InChI is InChI=1S/C30H30N2O3S2/c1-22-8-7-9-23(2)29(22)32(37(3,34)35)20-24-12-16-26(17-13-24)30(33)31-27-18-14-25(15-19-27)21-36-28-10-5-4-6-11-28/h4-19H,20-21H2,1-3H3,(H,31,33). The van der Waals surface area contributed by atoms with E-state index in [4.69, 9.17) is 0 Å². The van der Waals surface area contributed by atoms with Gasteiger partial charge in [0, 0.05) is 21.9 Å². The molecule has 4 rings (SSSR count). The molecular weight excluding hydrogens is 500 g/mol. The molecule has 0 bridgehead atoms. The number of nitrogens with one attached hydrogen (secondary N) is 1. The van der Waals surface area contributed by atoms with Gasteiger partial charge in [-0.15, -0.1) is 11.8 Å². The van der Waals surface area contributed by atoms with E-state index in [-0.39, 0.29) is 12.5 Å². The van der Waals surface area contributed by atoms with Gasteiger partial charge in [-0.2, -0.15) is 0 Å². The van der Waals surface area contributed by atoms with Crippen molar-refractivity contribution in [1.82, 2.24) is 0 Å². The molecule has 7 heteroatoms. The minimum Gasteiger partial charge on any atom is -0.322 e. The van der Waals surface area contributed by atoms with Crippen molar-refractivity contribution in [2.45, 2.75) is 31.0 Å². The van der Waals surface area contributed by atoms with E-state index in [0.29, 0.717) is 11.3 Å². The van der Waals surface area contributed by atoms with E-state index in [0.717, 1.165) is 28.1 Å². The van der Waals surface area contributed by atoms with Gasteiger partial charge in [0.15, 0.2) is 0 Å². The molecular formula is C30H30N2O3S2. The molecule has 0 heterocycles. The normalized spacial score (nSPS) is 11.2. The molecule has 4 aromatic carbocycles. The van der Waals surface area contributed by atoms with E-state index in [2.05, 4.69) is 17.4 Å². The number of sulfonamides is 1. The lowest BCUT2D eigenvalue weighted by atomic mass is 10.1. The number of para-hydroxylation sites is 1. The monoisotopic (exact) mass is 530 g/mol. The van der Waals surface area contributed by atoms with Gasteiger partial charge in [-0.1, -0.05) is 60.7 Å². The van der Waals surface area contributed by atoms with Crippen LogP contribution in [0.15, 0.2) is 102 Å². The number of hydrogen-bond donors (Lipinski definition) is 1. The van der Waals surface area contributed by atoms with Crippen LogP contribution >= 0.6 is 11.8 Å². The Balaban J connectivity index is 1.40. The number of benzene rings is 4. The largest absolute Gasteiger partial charge is 0.322 e. The van der Waals surface area contributed by atoms with Crippen LogP contribution in [0.4, 0.5) is 11.4 Å². The van der Waals surface area contributed by atoms with Crippen molar-refractivity contribution < 1.29 is 13.2 Å². The van der Waals surface area contributed by atoms with Crippen LogP contribution in [0.25, 0.3) is 0 Å². The predicted octanol–water partition coefficient (Wildman–Crippen LogP) is 6.81. The summed E-state index contributed by atoms with van der Waals surface area (Å²) in [6.07, 6.45) is 1.21. The Labute approximate surface area is 223 Å². The molecule has 1 amide bonds. The minimum absolute atomic E-state index is 0.189. The second-order valence-electron chi connectivity index (χ2n) is 8.96. The van der Waals surface area contributed by atoms with Crippen LogP contribution < -0.4 is 9.62 Å². The number of aryl methyl sites for hydroxylation is 2. The van der Waals surface area contributed by atoms with Gasteiger partial charge < -0.3 is 5.32 Å². The molecule has 0 radical (unpaired) electrons. The number of nitrogens with zero attached hydrogens (tertiary/aromatic N) is 1. The summed E-state index contributed by atoms with van der Waals surface area (Å²) in [7, 11) is -3.50. The summed E-state index contributed by atoms with van der Waals surface area (Å²) >= 11 is 1.77. The van der Waals surface area contributed by atoms with Gasteiger partial charge in [-0.25, -0.2) is 8.42 Å². The lowest BCUT2D eigenvalue weighted by Gasteiger charge is -2.26.